The first-order chi connectivity index (χ1) is 12.1. The van der Waals surface area contributed by atoms with Crippen LogP contribution in [0.4, 0.5) is 5.69 Å². The molecule has 1 aliphatic heterocycles. The van der Waals surface area contributed by atoms with Crippen LogP contribution in [0.2, 0.25) is 0 Å². The quantitative estimate of drug-likeness (QED) is 0.616. The molecule has 0 aliphatic carbocycles. The van der Waals surface area contributed by atoms with Gasteiger partial charge in [-0.15, -0.1) is 0 Å². The highest BCUT2D eigenvalue weighted by atomic mass is 16.6. The molecule has 0 bridgehead atoms. The minimum atomic E-state index is -0.507. The van der Waals surface area contributed by atoms with E-state index in [4.69, 9.17) is 4.42 Å². The molecule has 2 aromatic rings. The number of para-hydroxylation sites is 1. The Morgan fingerprint density at radius 3 is 2.64 bits per heavy atom. The highest BCUT2D eigenvalue weighted by Gasteiger charge is 2.31. The van der Waals surface area contributed by atoms with E-state index in [1.807, 2.05) is 6.07 Å². The zero-order valence-electron chi connectivity index (χ0n) is 14.1. The van der Waals surface area contributed by atoms with E-state index in [0.29, 0.717) is 12.3 Å². The average molecular weight is 343 g/mol. The van der Waals surface area contributed by atoms with Crippen molar-refractivity contribution in [3.8, 4) is 0 Å². The lowest BCUT2D eigenvalue weighted by Crippen LogP contribution is -2.46. The molecule has 3 rings (SSSR count). The highest BCUT2D eigenvalue weighted by Crippen LogP contribution is 2.25. The number of amides is 1. The van der Waals surface area contributed by atoms with Gasteiger partial charge in [0.25, 0.3) is 11.6 Å². The van der Waals surface area contributed by atoms with E-state index in [-0.39, 0.29) is 23.2 Å². The molecule has 2 heterocycles. The van der Waals surface area contributed by atoms with Crippen molar-refractivity contribution < 1.29 is 14.1 Å². The largest absolute Gasteiger partial charge is 0.467 e. The number of rotatable bonds is 5. The number of benzene rings is 1. The van der Waals surface area contributed by atoms with E-state index < -0.39 is 4.92 Å². The molecule has 1 aromatic heterocycles. The number of nitrogens with zero attached hydrogens (tertiary/aromatic N) is 3. The Morgan fingerprint density at radius 2 is 2.00 bits per heavy atom. The van der Waals surface area contributed by atoms with Crippen LogP contribution in [0.1, 0.15) is 29.0 Å². The molecule has 25 heavy (non-hydrogen) atoms. The number of furan rings is 1. The Morgan fingerprint density at radius 1 is 1.28 bits per heavy atom. The van der Waals surface area contributed by atoms with E-state index in [0.717, 1.165) is 25.9 Å². The van der Waals surface area contributed by atoms with Crippen molar-refractivity contribution in [3.63, 3.8) is 0 Å². The molecule has 7 heteroatoms. The SMILES string of the molecule is CN1CCC(N(Cc2ccco2)C(=O)c2ccccc2[N+](=O)[O-])CC1. The van der Waals surface area contributed by atoms with Crippen molar-refractivity contribution in [2.75, 3.05) is 20.1 Å². The van der Waals surface area contributed by atoms with Crippen LogP contribution in [0.5, 0.6) is 0 Å². The summed E-state index contributed by atoms with van der Waals surface area (Å²) in [5.41, 5.74) is -0.0390. The number of likely N-dealkylation sites (tertiary alicyclic amines) is 1. The maximum absolute atomic E-state index is 13.1. The van der Waals surface area contributed by atoms with Gasteiger partial charge in [0.05, 0.1) is 17.7 Å². The van der Waals surface area contributed by atoms with Gasteiger partial charge in [0.2, 0.25) is 0 Å². The molecule has 0 radical (unpaired) electrons. The van der Waals surface area contributed by atoms with Gasteiger partial charge in [0.1, 0.15) is 11.3 Å². The molecule has 0 saturated carbocycles. The van der Waals surface area contributed by atoms with Crippen molar-refractivity contribution in [1.82, 2.24) is 9.80 Å². The van der Waals surface area contributed by atoms with Crippen LogP contribution in [0.15, 0.2) is 47.1 Å². The smallest absolute Gasteiger partial charge is 0.282 e. The Bertz CT molecular complexity index is 737. The summed E-state index contributed by atoms with van der Waals surface area (Å²) < 4.78 is 5.40. The van der Waals surface area contributed by atoms with Gasteiger partial charge in [-0.1, -0.05) is 12.1 Å². The molecular weight excluding hydrogens is 322 g/mol. The summed E-state index contributed by atoms with van der Waals surface area (Å²) in [7, 11) is 2.05. The van der Waals surface area contributed by atoms with Crippen LogP contribution in [0, 0.1) is 10.1 Å². The standard InChI is InChI=1S/C18H21N3O4/c1-19-10-8-14(9-11-19)20(13-15-5-4-12-25-15)18(22)16-6-2-3-7-17(16)21(23)24/h2-7,12,14H,8-11,13H2,1H3. The lowest BCUT2D eigenvalue weighted by molar-refractivity contribution is -0.385. The molecule has 1 aromatic carbocycles. The molecule has 1 amide bonds. The first kappa shape index (κ1) is 17.2. The van der Waals surface area contributed by atoms with Gasteiger partial charge in [-0.25, -0.2) is 0 Å². The molecule has 0 atom stereocenters. The zero-order valence-corrected chi connectivity index (χ0v) is 14.1. The highest BCUT2D eigenvalue weighted by molar-refractivity contribution is 5.98. The molecule has 7 nitrogen and oxygen atoms in total. The maximum Gasteiger partial charge on any atom is 0.282 e. The van der Waals surface area contributed by atoms with Gasteiger partial charge in [0.15, 0.2) is 0 Å². The minimum absolute atomic E-state index is 0.0358. The average Bonchev–Trinajstić information content (AvgIpc) is 3.13. The number of nitro groups is 1. The van der Waals surface area contributed by atoms with Crippen molar-refractivity contribution in [3.05, 3.63) is 64.1 Å². The molecular formula is C18H21N3O4. The summed E-state index contributed by atoms with van der Waals surface area (Å²) in [6, 6.07) is 9.74. The maximum atomic E-state index is 13.1. The van der Waals surface area contributed by atoms with Gasteiger partial charge in [0, 0.05) is 12.1 Å². The summed E-state index contributed by atoms with van der Waals surface area (Å²) in [6.45, 7) is 2.10. The van der Waals surface area contributed by atoms with E-state index in [1.54, 1.807) is 29.4 Å². The molecule has 0 spiro atoms. The number of nitro benzene ring substituents is 1. The van der Waals surface area contributed by atoms with Crippen molar-refractivity contribution in [2.24, 2.45) is 0 Å². The molecule has 1 fully saturated rings. The summed E-state index contributed by atoms with van der Waals surface area (Å²) in [5.74, 6) is 0.351. The van der Waals surface area contributed by atoms with Gasteiger partial charge in [-0.3, -0.25) is 14.9 Å². The zero-order chi connectivity index (χ0) is 17.8. The first-order valence-corrected chi connectivity index (χ1v) is 8.31. The Hall–Kier alpha value is -2.67. The van der Waals surface area contributed by atoms with Gasteiger partial charge in [-0.2, -0.15) is 0 Å². The molecule has 1 aliphatic rings. The topological polar surface area (TPSA) is 79.8 Å². The molecule has 132 valence electrons. The summed E-state index contributed by atoms with van der Waals surface area (Å²) in [6.07, 6.45) is 3.24. The third kappa shape index (κ3) is 3.88. The number of carbonyl (C=O) groups is 1. The third-order valence-electron chi connectivity index (χ3n) is 4.63. The van der Waals surface area contributed by atoms with Crippen LogP contribution >= 0.6 is 0 Å². The molecule has 0 N–H and O–H groups in total. The summed E-state index contributed by atoms with van der Waals surface area (Å²) in [4.78, 5) is 27.9. The lowest BCUT2D eigenvalue weighted by Gasteiger charge is -2.37. The van der Waals surface area contributed by atoms with Crippen LogP contribution in [0.25, 0.3) is 0 Å². The second-order valence-corrected chi connectivity index (χ2v) is 6.32. The van der Waals surface area contributed by atoms with Gasteiger partial charge < -0.3 is 14.2 Å². The second kappa shape index (κ2) is 7.48. The summed E-state index contributed by atoms with van der Waals surface area (Å²) in [5, 5.41) is 11.3. The predicted octanol–water partition coefficient (Wildman–Crippen LogP) is 2.92. The Labute approximate surface area is 146 Å². The lowest BCUT2D eigenvalue weighted by atomic mass is 10.0. The number of hydrogen-bond donors (Lipinski definition) is 0. The van der Waals surface area contributed by atoms with Crippen LogP contribution in [-0.4, -0.2) is 46.8 Å². The van der Waals surface area contributed by atoms with Crippen LogP contribution in [-0.2, 0) is 6.54 Å². The normalized spacial score (nSPS) is 15.9. The van der Waals surface area contributed by atoms with Gasteiger partial charge >= 0.3 is 0 Å². The molecule has 0 unspecified atom stereocenters. The van der Waals surface area contributed by atoms with E-state index in [2.05, 4.69) is 11.9 Å². The Kier molecular flexibility index (Phi) is 5.14. The monoisotopic (exact) mass is 343 g/mol. The fourth-order valence-electron chi connectivity index (χ4n) is 3.21. The third-order valence-corrected chi connectivity index (χ3v) is 4.63. The van der Waals surface area contributed by atoms with Crippen LogP contribution in [0.3, 0.4) is 0 Å². The number of piperidine rings is 1. The van der Waals surface area contributed by atoms with Gasteiger partial charge in [-0.05, 0) is 51.2 Å². The number of carbonyl (C=O) groups excluding carboxylic acids is 1. The van der Waals surface area contributed by atoms with Crippen LogP contribution < -0.4 is 0 Å². The second-order valence-electron chi connectivity index (χ2n) is 6.32. The predicted molar refractivity (Wildman–Crippen MR) is 92.2 cm³/mol. The number of hydrogen-bond acceptors (Lipinski definition) is 5. The van der Waals surface area contributed by atoms with E-state index >= 15 is 0 Å². The van der Waals surface area contributed by atoms with E-state index in [9.17, 15) is 14.9 Å². The minimum Gasteiger partial charge on any atom is -0.467 e. The Balaban J connectivity index is 1.90. The van der Waals surface area contributed by atoms with Crippen molar-refractivity contribution >= 4 is 11.6 Å². The summed E-state index contributed by atoms with van der Waals surface area (Å²) >= 11 is 0. The fourth-order valence-corrected chi connectivity index (χ4v) is 3.21. The fraction of sp³-hybridized carbons (Fsp3) is 0.389. The van der Waals surface area contributed by atoms with Crippen molar-refractivity contribution in [2.45, 2.75) is 25.4 Å². The first-order valence-electron chi connectivity index (χ1n) is 8.31. The molecule has 1 saturated heterocycles. The van der Waals surface area contributed by atoms with Crippen molar-refractivity contribution in [1.29, 1.82) is 0 Å². The van der Waals surface area contributed by atoms with E-state index in [1.165, 1.54) is 12.1 Å².